The van der Waals surface area contributed by atoms with Crippen molar-refractivity contribution in [1.29, 1.82) is 0 Å². The van der Waals surface area contributed by atoms with Gasteiger partial charge in [0, 0.05) is 31.9 Å². The van der Waals surface area contributed by atoms with Crippen LogP contribution in [0, 0.1) is 5.82 Å². The Balaban J connectivity index is 1.60. The lowest BCUT2D eigenvalue weighted by molar-refractivity contribution is 0.0785. The van der Waals surface area contributed by atoms with E-state index in [1.165, 1.54) is 18.3 Å². The third kappa shape index (κ3) is 5.48. The Kier molecular flexibility index (Phi) is 6.68. The summed E-state index contributed by atoms with van der Waals surface area (Å²) in [5, 5.41) is 2.72. The van der Waals surface area contributed by atoms with Gasteiger partial charge in [0.15, 0.2) is 0 Å². The number of aromatic nitrogens is 1. The first-order chi connectivity index (χ1) is 14.0. The zero-order valence-corrected chi connectivity index (χ0v) is 16.1. The van der Waals surface area contributed by atoms with Gasteiger partial charge in [0.05, 0.1) is 0 Å². The second kappa shape index (κ2) is 9.59. The Bertz CT molecular complexity index is 992. The second-order valence-electron chi connectivity index (χ2n) is 6.67. The van der Waals surface area contributed by atoms with Gasteiger partial charge >= 0.3 is 0 Å². The van der Waals surface area contributed by atoms with Gasteiger partial charge in [-0.3, -0.25) is 14.6 Å². The maximum Gasteiger partial charge on any atom is 0.269 e. The predicted octanol–water partition coefficient (Wildman–Crippen LogP) is 3.47. The number of carbonyl (C=O) groups is 2. The first kappa shape index (κ1) is 20.2. The molecule has 1 aromatic heterocycles. The van der Waals surface area contributed by atoms with Crippen molar-refractivity contribution in [3.05, 3.63) is 101 Å². The van der Waals surface area contributed by atoms with Crippen molar-refractivity contribution in [3.8, 4) is 0 Å². The molecule has 1 N–H and O–H groups in total. The molecule has 0 radical (unpaired) electrons. The Labute approximate surface area is 169 Å². The summed E-state index contributed by atoms with van der Waals surface area (Å²) >= 11 is 0. The van der Waals surface area contributed by atoms with Crippen LogP contribution in [-0.2, 0) is 13.0 Å². The number of nitrogens with one attached hydrogen (secondary N) is 1. The highest BCUT2D eigenvalue weighted by atomic mass is 19.1. The molecule has 148 valence electrons. The summed E-state index contributed by atoms with van der Waals surface area (Å²) in [7, 11) is 1.71. The van der Waals surface area contributed by atoms with E-state index in [0.29, 0.717) is 24.1 Å². The molecule has 0 bridgehead atoms. The van der Waals surface area contributed by atoms with Gasteiger partial charge < -0.3 is 10.2 Å². The Morgan fingerprint density at radius 3 is 2.52 bits per heavy atom. The summed E-state index contributed by atoms with van der Waals surface area (Å²) in [6, 6.07) is 19.2. The topological polar surface area (TPSA) is 62.3 Å². The van der Waals surface area contributed by atoms with Crippen molar-refractivity contribution in [1.82, 2.24) is 15.2 Å². The van der Waals surface area contributed by atoms with Crippen LogP contribution in [0.2, 0.25) is 0 Å². The van der Waals surface area contributed by atoms with Gasteiger partial charge in [-0.2, -0.15) is 0 Å². The summed E-state index contributed by atoms with van der Waals surface area (Å²) in [6.45, 7) is 0.736. The lowest BCUT2D eigenvalue weighted by Gasteiger charge is -2.17. The fourth-order valence-corrected chi connectivity index (χ4v) is 2.94. The van der Waals surface area contributed by atoms with Gasteiger partial charge in [-0.15, -0.1) is 0 Å². The average molecular weight is 391 g/mol. The van der Waals surface area contributed by atoms with Crippen LogP contribution in [0.1, 0.15) is 32.0 Å². The zero-order chi connectivity index (χ0) is 20.6. The molecular formula is C23H22FN3O2. The first-order valence-corrected chi connectivity index (χ1v) is 9.31. The third-order valence-corrected chi connectivity index (χ3v) is 4.49. The largest absolute Gasteiger partial charge is 0.350 e. The number of hydrogen-bond acceptors (Lipinski definition) is 3. The molecule has 0 saturated heterocycles. The Hall–Kier alpha value is -3.54. The minimum absolute atomic E-state index is 0.150. The molecule has 0 unspecified atom stereocenters. The van der Waals surface area contributed by atoms with E-state index in [1.54, 1.807) is 36.2 Å². The number of benzene rings is 2. The number of hydrogen-bond donors (Lipinski definition) is 1. The van der Waals surface area contributed by atoms with Gasteiger partial charge in [-0.05, 0) is 35.7 Å². The molecule has 5 nitrogen and oxygen atoms in total. The molecule has 2 amide bonds. The summed E-state index contributed by atoms with van der Waals surface area (Å²) in [4.78, 5) is 30.7. The summed E-state index contributed by atoms with van der Waals surface area (Å²) in [5.41, 5.74) is 2.09. The van der Waals surface area contributed by atoms with Gasteiger partial charge in [0.25, 0.3) is 11.8 Å². The molecular weight excluding hydrogens is 369 g/mol. The number of rotatable bonds is 7. The summed E-state index contributed by atoms with van der Waals surface area (Å²) in [5.74, 6) is -0.896. The van der Waals surface area contributed by atoms with Crippen LogP contribution in [0.5, 0.6) is 0 Å². The second-order valence-corrected chi connectivity index (χ2v) is 6.67. The number of amides is 2. The monoisotopic (exact) mass is 391 g/mol. The van der Waals surface area contributed by atoms with Crippen molar-refractivity contribution in [2.45, 2.75) is 13.0 Å². The quantitative estimate of drug-likeness (QED) is 0.671. The molecule has 0 atom stereocenters. The maximum absolute atomic E-state index is 13.6. The molecule has 0 fully saturated rings. The van der Waals surface area contributed by atoms with Crippen LogP contribution in [0.3, 0.4) is 0 Å². The summed E-state index contributed by atoms with van der Waals surface area (Å²) in [6.07, 6.45) is 1.81. The van der Waals surface area contributed by atoms with Crippen LogP contribution in [0.4, 0.5) is 4.39 Å². The highest BCUT2D eigenvalue weighted by molar-refractivity contribution is 5.98. The molecule has 0 aliphatic carbocycles. The SMILES string of the molecule is CN(Cc1ccccc1)C(=O)c1ccnc(C(=O)NCCc2ccccc2F)c1. The summed E-state index contributed by atoms with van der Waals surface area (Å²) < 4.78 is 13.6. The standard InChI is InChI=1S/C23H22FN3O2/c1-27(16-17-7-3-2-4-8-17)23(29)19-12-13-25-21(15-19)22(28)26-14-11-18-9-5-6-10-20(18)24/h2-10,12-13,15H,11,14,16H2,1H3,(H,26,28). The number of nitrogens with zero attached hydrogens (tertiary/aromatic N) is 2. The van der Waals surface area contributed by atoms with Gasteiger partial charge in [0.1, 0.15) is 11.5 Å². The van der Waals surface area contributed by atoms with Crippen LogP contribution < -0.4 is 5.32 Å². The van der Waals surface area contributed by atoms with Crippen LogP contribution in [0.25, 0.3) is 0 Å². The Morgan fingerprint density at radius 1 is 1.03 bits per heavy atom. The fraction of sp³-hybridized carbons (Fsp3) is 0.174. The van der Waals surface area contributed by atoms with Crippen molar-refractivity contribution in [2.75, 3.05) is 13.6 Å². The van der Waals surface area contributed by atoms with Crippen molar-refractivity contribution in [2.24, 2.45) is 0 Å². The third-order valence-electron chi connectivity index (χ3n) is 4.49. The predicted molar refractivity (Wildman–Crippen MR) is 109 cm³/mol. The van der Waals surface area contributed by atoms with Crippen molar-refractivity contribution >= 4 is 11.8 Å². The first-order valence-electron chi connectivity index (χ1n) is 9.31. The number of halogens is 1. The highest BCUT2D eigenvalue weighted by Gasteiger charge is 2.15. The van der Waals surface area contributed by atoms with Crippen LogP contribution >= 0.6 is 0 Å². The molecule has 2 aromatic carbocycles. The molecule has 6 heteroatoms. The fourth-order valence-electron chi connectivity index (χ4n) is 2.94. The molecule has 0 aliphatic rings. The van der Waals surface area contributed by atoms with E-state index in [9.17, 15) is 14.0 Å². The minimum Gasteiger partial charge on any atom is -0.350 e. The average Bonchev–Trinajstić information content (AvgIpc) is 2.75. The molecule has 0 spiro atoms. The van der Waals surface area contributed by atoms with E-state index < -0.39 is 5.91 Å². The minimum atomic E-state index is -0.401. The normalized spacial score (nSPS) is 10.4. The zero-order valence-electron chi connectivity index (χ0n) is 16.1. The molecule has 1 heterocycles. The van der Waals surface area contributed by atoms with E-state index in [2.05, 4.69) is 10.3 Å². The van der Waals surface area contributed by atoms with Crippen molar-refractivity contribution in [3.63, 3.8) is 0 Å². The van der Waals surface area contributed by atoms with E-state index >= 15 is 0 Å². The molecule has 3 aromatic rings. The lowest BCUT2D eigenvalue weighted by Crippen LogP contribution is -2.29. The van der Waals surface area contributed by atoms with Gasteiger partial charge in [-0.1, -0.05) is 48.5 Å². The van der Waals surface area contributed by atoms with E-state index in [4.69, 9.17) is 0 Å². The number of carbonyl (C=O) groups excluding carboxylic acids is 2. The lowest BCUT2D eigenvalue weighted by atomic mass is 10.1. The maximum atomic E-state index is 13.6. The molecule has 3 rings (SSSR count). The van der Waals surface area contributed by atoms with Crippen molar-refractivity contribution < 1.29 is 14.0 Å². The molecule has 29 heavy (non-hydrogen) atoms. The van der Waals surface area contributed by atoms with Crippen LogP contribution in [-0.4, -0.2) is 35.3 Å². The van der Waals surface area contributed by atoms with E-state index in [-0.39, 0.29) is 24.0 Å². The van der Waals surface area contributed by atoms with Gasteiger partial charge in [-0.25, -0.2) is 4.39 Å². The molecule has 0 saturated carbocycles. The Morgan fingerprint density at radius 2 is 1.76 bits per heavy atom. The van der Waals surface area contributed by atoms with Crippen LogP contribution in [0.15, 0.2) is 72.9 Å². The highest BCUT2D eigenvalue weighted by Crippen LogP contribution is 2.10. The van der Waals surface area contributed by atoms with Gasteiger partial charge in [0.2, 0.25) is 0 Å². The van der Waals surface area contributed by atoms with E-state index in [0.717, 1.165) is 5.56 Å². The molecule has 0 aliphatic heterocycles. The van der Waals surface area contributed by atoms with E-state index in [1.807, 2.05) is 30.3 Å². The smallest absolute Gasteiger partial charge is 0.269 e. The number of pyridine rings is 1.